The molecule has 0 aliphatic heterocycles. The topological polar surface area (TPSA) is 81.5 Å². The summed E-state index contributed by atoms with van der Waals surface area (Å²) >= 11 is 6.03. The largest absolute Gasteiger partial charge is 0.456 e. The van der Waals surface area contributed by atoms with Gasteiger partial charge in [0.1, 0.15) is 11.5 Å². The van der Waals surface area contributed by atoms with Gasteiger partial charge in [-0.1, -0.05) is 23.7 Å². The maximum absolute atomic E-state index is 12.5. The Morgan fingerprint density at radius 1 is 1.04 bits per heavy atom. The van der Waals surface area contributed by atoms with Crippen LogP contribution in [0.15, 0.2) is 60.7 Å². The number of rotatable bonds is 5. The van der Waals surface area contributed by atoms with Gasteiger partial charge in [0.15, 0.2) is 0 Å². The van der Waals surface area contributed by atoms with Gasteiger partial charge < -0.3 is 10.1 Å². The third kappa shape index (κ3) is 4.47. The Kier molecular flexibility index (Phi) is 5.61. The molecule has 0 unspecified atom stereocenters. The van der Waals surface area contributed by atoms with E-state index >= 15 is 0 Å². The summed E-state index contributed by atoms with van der Waals surface area (Å²) in [7, 11) is 0. The number of nitrogens with one attached hydrogen (secondary N) is 1. The van der Waals surface area contributed by atoms with Gasteiger partial charge in [-0.25, -0.2) is 0 Å². The van der Waals surface area contributed by atoms with E-state index in [1.807, 2.05) is 32.0 Å². The first-order valence-electron chi connectivity index (χ1n) is 8.44. The average Bonchev–Trinajstić information content (AvgIpc) is 2.66. The molecule has 0 spiro atoms. The predicted molar refractivity (Wildman–Crippen MR) is 108 cm³/mol. The molecule has 6 nitrogen and oxygen atoms in total. The highest BCUT2D eigenvalue weighted by Gasteiger charge is 2.12. The lowest BCUT2D eigenvalue weighted by Crippen LogP contribution is -2.12. The van der Waals surface area contributed by atoms with Gasteiger partial charge in [0.2, 0.25) is 0 Å². The van der Waals surface area contributed by atoms with Gasteiger partial charge in [0.25, 0.3) is 11.6 Å². The summed E-state index contributed by atoms with van der Waals surface area (Å²) in [6, 6.07) is 16.4. The van der Waals surface area contributed by atoms with E-state index in [0.717, 1.165) is 16.8 Å². The third-order valence-corrected chi connectivity index (χ3v) is 4.41. The number of benzene rings is 3. The average molecular weight is 397 g/mol. The molecule has 28 heavy (non-hydrogen) atoms. The van der Waals surface area contributed by atoms with E-state index in [2.05, 4.69) is 5.32 Å². The number of nitrogens with zero attached hydrogens (tertiary/aromatic N) is 1. The van der Waals surface area contributed by atoms with Gasteiger partial charge in [-0.3, -0.25) is 14.9 Å². The van der Waals surface area contributed by atoms with Crippen LogP contribution in [-0.2, 0) is 0 Å². The van der Waals surface area contributed by atoms with E-state index in [1.54, 1.807) is 24.3 Å². The number of anilines is 1. The number of non-ortho nitro benzene ring substituents is 1. The molecule has 0 bridgehead atoms. The summed E-state index contributed by atoms with van der Waals surface area (Å²) in [5.74, 6) is 0.521. The number of amides is 1. The number of aryl methyl sites for hydroxylation is 2. The first kappa shape index (κ1) is 19.4. The fraction of sp³-hybridized carbons (Fsp3) is 0.0952. The van der Waals surface area contributed by atoms with Crippen molar-refractivity contribution in [2.24, 2.45) is 0 Å². The molecule has 7 heteroatoms. The first-order valence-corrected chi connectivity index (χ1v) is 8.82. The van der Waals surface area contributed by atoms with Crippen LogP contribution in [0.2, 0.25) is 5.02 Å². The summed E-state index contributed by atoms with van der Waals surface area (Å²) in [4.78, 5) is 22.7. The third-order valence-electron chi connectivity index (χ3n) is 4.11. The molecule has 0 saturated heterocycles. The maximum Gasteiger partial charge on any atom is 0.271 e. The number of ether oxygens (including phenoxy) is 1. The molecule has 0 radical (unpaired) electrons. The predicted octanol–water partition coefficient (Wildman–Crippen LogP) is 5.91. The normalized spacial score (nSPS) is 10.4. The Morgan fingerprint density at radius 2 is 1.75 bits per heavy atom. The SMILES string of the molecule is Cc1ccc(C)c(NC(=O)c2ccc(Oc3ccc([N+](=O)[O-])cc3Cl)cc2)c1. The molecule has 142 valence electrons. The van der Waals surface area contributed by atoms with Crippen molar-refractivity contribution in [1.82, 2.24) is 0 Å². The highest BCUT2D eigenvalue weighted by molar-refractivity contribution is 6.32. The standard InChI is InChI=1S/C21H17ClN2O4/c1-13-3-4-14(2)19(11-13)23-21(25)15-5-8-17(9-6-15)28-20-10-7-16(24(26)27)12-18(20)22/h3-12H,1-2H3,(H,23,25). The molecule has 0 aliphatic rings. The summed E-state index contributed by atoms with van der Waals surface area (Å²) in [6.45, 7) is 3.89. The lowest BCUT2D eigenvalue weighted by molar-refractivity contribution is -0.384. The quantitative estimate of drug-likeness (QED) is 0.429. The number of hydrogen-bond donors (Lipinski definition) is 1. The minimum atomic E-state index is -0.529. The van der Waals surface area contributed by atoms with Gasteiger partial charge >= 0.3 is 0 Å². The van der Waals surface area contributed by atoms with Crippen molar-refractivity contribution < 1.29 is 14.5 Å². The van der Waals surface area contributed by atoms with Crippen LogP contribution in [0.25, 0.3) is 0 Å². The van der Waals surface area contributed by atoms with E-state index in [9.17, 15) is 14.9 Å². The second-order valence-electron chi connectivity index (χ2n) is 6.27. The Morgan fingerprint density at radius 3 is 2.39 bits per heavy atom. The number of halogens is 1. The number of carbonyl (C=O) groups is 1. The van der Waals surface area contributed by atoms with E-state index in [-0.39, 0.29) is 16.6 Å². The highest BCUT2D eigenvalue weighted by atomic mass is 35.5. The van der Waals surface area contributed by atoms with E-state index in [4.69, 9.17) is 16.3 Å². The van der Waals surface area contributed by atoms with Crippen LogP contribution in [0.3, 0.4) is 0 Å². The van der Waals surface area contributed by atoms with Gasteiger partial charge in [0.05, 0.1) is 9.95 Å². The van der Waals surface area contributed by atoms with Crippen molar-refractivity contribution in [3.63, 3.8) is 0 Å². The molecule has 1 N–H and O–H groups in total. The van der Waals surface area contributed by atoms with Crippen LogP contribution in [0, 0.1) is 24.0 Å². The molecular weight excluding hydrogens is 380 g/mol. The van der Waals surface area contributed by atoms with Gasteiger partial charge in [-0.15, -0.1) is 0 Å². The Labute approximate surface area is 166 Å². The van der Waals surface area contributed by atoms with Crippen molar-refractivity contribution in [3.8, 4) is 11.5 Å². The number of hydrogen-bond acceptors (Lipinski definition) is 4. The maximum atomic E-state index is 12.5. The minimum Gasteiger partial charge on any atom is -0.456 e. The van der Waals surface area contributed by atoms with Crippen molar-refractivity contribution in [3.05, 3.63) is 92.5 Å². The molecule has 1 amide bonds. The van der Waals surface area contributed by atoms with Crippen molar-refractivity contribution in [2.75, 3.05) is 5.32 Å². The summed E-state index contributed by atoms with van der Waals surface area (Å²) in [5.41, 5.74) is 3.16. The minimum absolute atomic E-state index is 0.115. The summed E-state index contributed by atoms with van der Waals surface area (Å²) < 4.78 is 5.65. The van der Waals surface area contributed by atoms with E-state index in [1.165, 1.54) is 18.2 Å². The summed E-state index contributed by atoms with van der Waals surface area (Å²) in [6.07, 6.45) is 0. The smallest absolute Gasteiger partial charge is 0.271 e. The van der Waals surface area contributed by atoms with E-state index < -0.39 is 4.92 Å². The number of carbonyl (C=O) groups excluding carboxylic acids is 1. The molecule has 0 heterocycles. The van der Waals surface area contributed by atoms with Crippen molar-refractivity contribution in [2.45, 2.75) is 13.8 Å². The molecule has 0 fully saturated rings. The van der Waals surface area contributed by atoms with Gasteiger partial charge in [-0.2, -0.15) is 0 Å². The molecule has 0 saturated carbocycles. The second-order valence-corrected chi connectivity index (χ2v) is 6.68. The van der Waals surface area contributed by atoms with Crippen LogP contribution in [0.5, 0.6) is 11.5 Å². The molecule has 0 atom stereocenters. The van der Waals surface area contributed by atoms with Crippen LogP contribution < -0.4 is 10.1 Å². The molecular formula is C21H17ClN2O4. The van der Waals surface area contributed by atoms with Crippen molar-refractivity contribution in [1.29, 1.82) is 0 Å². The Balaban J connectivity index is 1.72. The van der Waals surface area contributed by atoms with Crippen LogP contribution in [0.1, 0.15) is 21.5 Å². The molecule has 3 aromatic carbocycles. The molecule has 3 aromatic rings. The van der Waals surface area contributed by atoms with E-state index in [0.29, 0.717) is 17.1 Å². The van der Waals surface area contributed by atoms with Gasteiger partial charge in [-0.05, 0) is 61.4 Å². The zero-order chi connectivity index (χ0) is 20.3. The number of nitro benzene ring substituents is 1. The fourth-order valence-electron chi connectivity index (χ4n) is 2.55. The summed E-state index contributed by atoms with van der Waals surface area (Å²) in [5, 5.41) is 13.8. The zero-order valence-corrected chi connectivity index (χ0v) is 16.0. The van der Waals surface area contributed by atoms with Crippen LogP contribution in [-0.4, -0.2) is 10.8 Å². The van der Waals surface area contributed by atoms with Gasteiger partial charge in [0, 0.05) is 23.4 Å². The zero-order valence-electron chi connectivity index (χ0n) is 15.2. The Hall–Kier alpha value is -3.38. The molecule has 0 aliphatic carbocycles. The lowest BCUT2D eigenvalue weighted by atomic mass is 10.1. The Bertz CT molecular complexity index is 1050. The second kappa shape index (κ2) is 8.10. The van der Waals surface area contributed by atoms with Crippen LogP contribution >= 0.6 is 11.6 Å². The lowest BCUT2D eigenvalue weighted by Gasteiger charge is -2.11. The first-order chi connectivity index (χ1) is 13.3. The highest BCUT2D eigenvalue weighted by Crippen LogP contribution is 2.32. The van der Waals surface area contributed by atoms with Crippen molar-refractivity contribution >= 4 is 28.9 Å². The molecule has 3 rings (SSSR count). The molecule has 0 aromatic heterocycles. The van der Waals surface area contributed by atoms with Crippen LogP contribution in [0.4, 0.5) is 11.4 Å². The number of nitro groups is 1. The monoisotopic (exact) mass is 396 g/mol. The fourth-order valence-corrected chi connectivity index (χ4v) is 2.77.